The van der Waals surface area contributed by atoms with E-state index in [9.17, 15) is 4.79 Å². The lowest BCUT2D eigenvalue weighted by Gasteiger charge is -2.17. The van der Waals surface area contributed by atoms with E-state index in [-0.39, 0.29) is 5.91 Å². The van der Waals surface area contributed by atoms with Crippen LogP contribution in [0.5, 0.6) is 0 Å². The normalized spacial score (nSPS) is 11.3. The summed E-state index contributed by atoms with van der Waals surface area (Å²) >= 11 is 0. The van der Waals surface area contributed by atoms with Gasteiger partial charge in [0.2, 0.25) is 0 Å². The fourth-order valence-corrected chi connectivity index (χ4v) is 3.49. The van der Waals surface area contributed by atoms with Crippen molar-refractivity contribution in [3.63, 3.8) is 0 Å². The standard InChI is InChI=1S/C24H25N3O2/c1-17(2)19-12-10-18(11-13-19)15-27-21-8-5-4-7-20(21)25-23(27)16-26(3)24(28)22-9-6-14-29-22/h4-14,17H,15-16H2,1-3H3. The van der Waals surface area contributed by atoms with Gasteiger partial charge in [-0.05, 0) is 41.3 Å². The zero-order valence-electron chi connectivity index (χ0n) is 17.0. The molecule has 0 fully saturated rings. The second-order valence-corrected chi connectivity index (χ2v) is 7.64. The first kappa shape index (κ1) is 19.0. The van der Waals surface area contributed by atoms with Gasteiger partial charge in [-0.25, -0.2) is 4.98 Å². The van der Waals surface area contributed by atoms with Crippen molar-refractivity contribution in [2.75, 3.05) is 7.05 Å². The Morgan fingerprint density at radius 2 is 1.83 bits per heavy atom. The molecule has 0 radical (unpaired) electrons. The Morgan fingerprint density at radius 3 is 2.52 bits per heavy atom. The Morgan fingerprint density at radius 1 is 1.07 bits per heavy atom. The molecule has 0 N–H and O–H groups in total. The molecule has 0 saturated heterocycles. The van der Waals surface area contributed by atoms with E-state index in [0.29, 0.717) is 24.8 Å². The van der Waals surface area contributed by atoms with Gasteiger partial charge < -0.3 is 13.9 Å². The molecule has 0 aliphatic rings. The van der Waals surface area contributed by atoms with Crippen LogP contribution >= 0.6 is 0 Å². The van der Waals surface area contributed by atoms with E-state index < -0.39 is 0 Å². The molecule has 2 heterocycles. The molecule has 0 unspecified atom stereocenters. The lowest BCUT2D eigenvalue weighted by molar-refractivity contribution is 0.0748. The second-order valence-electron chi connectivity index (χ2n) is 7.64. The van der Waals surface area contributed by atoms with Gasteiger partial charge in [-0.1, -0.05) is 50.2 Å². The molecule has 0 bridgehead atoms. The van der Waals surface area contributed by atoms with Gasteiger partial charge >= 0.3 is 0 Å². The Bertz CT molecular complexity index is 1110. The van der Waals surface area contributed by atoms with Crippen LogP contribution in [0.25, 0.3) is 11.0 Å². The molecule has 0 aliphatic carbocycles. The summed E-state index contributed by atoms with van der Waals surface area (Å²) in [5.41, 5.74) is 4.53. The maximum atomic E-state index is 12.6. The Kier molecular flexibility index (Phi) is 5.21. The van der Waals surface area contributed by atoms with Crippen molar-refractivity contribution in [1.29, 1.82) is 0 Å². The molecule has 2 aromatic carbocycles. The van der Waals surface area contributed by atoms with Gasteiger partial charge in [-0.3, -0.25) is 4.79 Å². The quantitative estimate of drug-likeness (QED) is 0.464. The maximum absolute atomic E-state index is 12.6. The fraction of sp³-hybridized carbons (Fsp3) is 0.250. The number of imidazole rings is 1. The molecule has 4 rings (SSSR count). The van der Waals surface area contributed by atoms with Crippen LogP contribution in [0.2, 0.25) is 0 Å². The number of aromatic nitrogens is 2. The molecule has 5 nitrogen and oxygen atoms in total. The van der Waals surface area contributed by atoms with Crippen LogP contribution in [0.3, 0.4) is 0 Å². The largest absolute Gasteiger partial charge is 0.459 e. The van der Waals surface area contributed by atoms with Crippen molar-refractivity contribution < 1.29 is 9.21 Å². The average Bonchev–Trinajstić information content (AvgIpc) is 3.37. The second kappa shape index (κ2) is 7.95. The van der Waals surface area contributed by atoms with E-state index in [1.807, 2.05) is 18.2 Å². The van der Waals surface area contributed by atoms with Crippen LogP contribution < -0.4 is 0 Å². The van der Waals surface area contributed by atoms with Gasteiger partial charge in [0.05, 0.1) is 23.8 Å². The summed E-state index contributed by atoms with van der Waals surface area (Å²) in [5.74, 6) is 1.53. The zero-order valence-corrected chi connectivity index (χ0v) is 17.0. The molecule has 1 amide bonds. The first-order valence-corrected chi connectivity index (χ1v) is 9.85. The third-order valence-corrected chi connectivity index (χ3v) is 5.18. The van der Waals surface area contributed by atoms with Crippen molar-refractivity contribution in [3.8, 4) is 0 Å². The highest BCUT2D eigenvalue weighted by atomic mass is 16.3. The van der Waals surface area contributed by atoms with Crippen molar-refractivity contribution in [3.05, 3.63) is 89.6 Å². The Balaban J connectivity index is 1.64. The minimum absolute atomic E-state index is 0.158. The number of hydrogen-bond donors (Lipinski definition) is 0. The minimum Gasteiger partial charge on any atom is -0.459 e. The summed E-state index contributed by atoms with van der Waals surface area (Å²) in [4.78, 5) is 19.0. The number of furan rings is 1. The maximum Gasteiger partial charge on any atom is 0.289 e. The van der Waals surface area contributed by atoms with Gasteiger partial charge in [0, 0.05) is 13.6 Å². The van der Waals surface area contributed by atoms with Crippen molar-refractivity contribution in [2.24, 2.45) is 0 Å². The van der Waals surface area contributed by atoms with Crippen LogP contribution in [0.4, 0.5) is 0 Å². The van der Waals surface area contributed by atoms with Crippen molar-refractivity contribution >= 4 is 16.9 Å². The number of benzene rings is 2. The smallest absolute Gasteiger partial charge is 0.289 e. The Hall–Kier alpha value is -3.34. The van der Waals surface area contributed by atoms with Gasteiger partial charge in [0.1, 0.15) is 5.82 Å². The van der Waals surface area contributed by atoms with E-state index in [2.05, 4.69) is 48.7 Å². The number of hydrogen-bond acceptors (Lipinski definition) is 3. The van der Waals surface area contributed by atoms with E-state index in [1.165, 1.54) is 17.4 Å². The fourth-order valence-electron chi connectivity index (χ4n) is 3.49. The van der Waals surface area contributed by atoms with Gasteiger partial charge in [-0.15, -0.1) is 0 Å². The van der Waals surface area contributed by atoms with Gasteiger partial charge in [0.15, 0.2) is 5.76 Å². The predicted octanol–water partition coefficient (Wildman–Crippen LogP) is 5.07. The number of carbonyl (C=O) groups is 1. The summed E-state index contributed by atoms with van der Waals surface area (Å²) in [6.07, 6.45) is 1.51. The monoisotopic (exact) mass is 387 g/mol. The number of fused-ring (bicyclic) bond motifs is 1. The molecular weight excluding hydrogens is 362 g/mol. The third-order valence-electron chi connectivity index (χ3n) is 5.18. The van der Waals surface area contributed by atoms with E-state index in [4.69, 9.17) is 9.40 Å². The van der Waals surface area contributed by atoms with Crippen molar-refractivity contribution in [2.45, 2.75) is 32.9 Å². The van der Waals surface area contributed by atoms with Crippen LogP contribution in [-0.4, -0.2) is 27.4 Å². The molecule has 0 aliphatic heterocycles. The predicted molar refractivity (Wildman–Crippen MR) is 114 cm³/mol. The summed E-state index contributed by atoms with van der Waals surface area (Å²) in [6, 6.07) is 20.2. The molecule has 0 atom stereocenters. The van der Waals surface area contributed by atoms with Crippen molar-refractivity contribution in [1.82, 2.24) is 14.5 Å². The van der Waals surface area contributed by atoms with E-state index in [1.54, 1.807) is 24.1 Å². The topological polar surface area (TPSA) is 51.3 Å². The van der Waals surface area contributed by atoms with Crippen LogP contribution in [0, 0.1) is 0 Å². The molecule has 2 aromatic heterocycles. The summed E-state index contributed by atoms with van der Waals surface area (Å²) in [7, 11) is 1.77. The SMILES string of the molecule is CC(C)c1ccc(Cn2c(CN(C)C(=O)c3ccco3)nc3ccccc32)cc1. The molecule has 0 saturated carbocycles. The zero-order chi connectivity index (χ0) is 20.4. The van der Waals surface area contributed by atoms with Crippen LogP contribution in [0.15, 0.2) is 71.3 Å². The van der Waals surface area contributed by atoms with Gasteiger partial charge in [0.25, 0.3) is 5.91 Å². The average molecular weight is 387 g/mol. The first-order chi connectivity index (χ1) is 14.0. The lowest BCUT2D eigenvalue weighted by Crippen LogP contribution is -2.27. The van der Waals surface area contributed by atoms with Crippen LogP contribution in [0.1, 0.15) is 47.3 Å². The summed E-state index contributed by atoms with van der Waals surface area (Å²) in [6.45, 7) is 5.50. The number of para-hydroxylation sites is 2. The number of nitrogens with zero attached hydrogens (tertiary/aromatic N) is 3. The minimum atomic E-state index is -0.158. The molecule has 29 heavy (non-hydrogen) atoms. The number of carbonyl (C=O) groups excluding carboxylic acids is 1. The summed E-state index contributed by atoms with van der Waals surface area (Å²) < 4.78 is 7.44. The molecule has 4 aromatic rings. The molecule has 148 valence electrons. The highest BCUT2D eigenvalue weighted by molar-refractivity contribution is 5.91. The van der Waals surface area contributed by atoms with E-state index in [0.717, 1.165) is 16.9 Å². The van der Waals surface area contributed by atoms with E-state index >= 15 is 0 Å². The van der Waals surface area contributed by atoms with Gasteiger partial charge in [-0.2, -0.15) is 0 Å². The highest BCUT2D eigenvalue weighted by Crippen LogP contribution is 2.21. The third kappa shape index (κ3) is 3.94. The molecule has 0 spiro atoms. The molecule has 5 heteroatoms. The lowest BCUT2D eigenvalue weighted by atomic mass is 10.0. The summed E-state index contributed by atoms with van der Waals surface area (Å²) in [5, 5.41) is 0. The molecular formula is C24H25N3O2. The van der Waals surface area contributed by atoms with Crippen LogP contribution in [-0.2, 0) is 13.1 Å². The number of amides is 1. The Labute approximate surface area is 170 Å². The first-order valence-electron chi connectivity index (χ1n) is 9.85. The number of rotatable bonds is 6. The highest BCUT2D eigenvalue weighted by Gasteiger charge is 2.18.